The van der Waals surface area contributed by atoms with Crippen LogP contribution in [0.2, 0.25) is 0 Å². The number of nitrogens with zero attached hydrogens (tertiary/aromatic N) is 2. The van der Waals surface area contributed by atoms with E-state index >= 15 is 0 Å². The predicted octanol–water partition coefficient (Wildman–Crippen LogP) is 0.300. The number of nitrogens with one attached hydrogen (secondary N) is 2. The third kappa shape index (κ3) is 3.75. The van der Waals surface area contributed by atoms with Crippen LogP contribution in [-0.2, 0) is 11.3 Å². The minimum Gasteiger partial charge on any atom is -0.351 e. The third-order valence-corrected chi connectivity index (χ3v) is 3.67. The number of carbonyl (C=O) groups excluding carboxylic acids is 1. The maximum atomic E-state index is 12.1. The van der Waals surface area contributed by atoms with Crippen molar-refractivity contribution in [1.82, 2.24) is 20.5 Å². The summed E-state index contributed by atoms with van der Waals surface area (Å²) in [5.41, 5.74) is 2.23. The van der Waals surface area contributed by atoms with E-state index in [2.05, 4.69) is 20.5 Å². The molecule has 1 aromatic rings. The van der Waals surface area contributed by atoms with Gasteiger partial charge >= 0.3 is 0 Å². The molecule has 2 N–H and O–H groups in total. The Kier molecular flexibility index (Phi) is 4.87. The summed E-state index contributed by atoms with van der Waals surface area (Å²) in [4.78, 5) is 18.4. The zero-order valence-corrected chi connectivity index (χ0v) is 11.6. The van der Waals surface area contributed by atoms with Crippen LogP contribution in [0.25, 0.3) is 0 Å². The number of carbonyl (C=O) groups is 1. The van der Waals surface area contributed by atoms with Gasteiger partial charge in [-0.3, -0.25) is 14.7 Å². The van der Waals surface area contributed by atoms with Gasteiger partial charge in [0.15, 0.2) is 0 Å². The van der Waals surface area contributed by atoms with Crippen LogP contribution in [0.3, 0.4) is 0 Å². The molecule has 1 unspecified atom stereocenters. The zero-order valence-electron chi connectivity index (χ0n) is 11.6. The topological polar surface area (TPSA) is 57.3 Å². The van der Waals surface area contributed by atoms with Gasteiger partial charge in [-0.1, -0.05) is 0 Å². The lowest BCUT2D eigenvalue weighted by Gasteiger charge is -2.31. The van der Waals surface area contributed by atoms with Crippen molar-refractivity contribution >= 4 is 5.91 Å². The fourth-order valence-corrected chi connectivity index (χ4v) is 2.27. The third-order valence-electron chi connectivity index (χ3n) is 3.67. The van der Waals surface area contributed by atoms with Crippen LogP contribution in [0, 0.1) is 6.92 Å². The van der Waals surface area contributed by atoms with Crippen molar-refractivity contribution in [3.8, 4) is 0 Å². The Morgan fingerprint density at radius 3 is 2.95 bits per heavy atom. The molecule has 0 spiro atoms. The highest BCUT2D eigenvalue weighted by molar-refractivity contribution is 5.81. The zero-order chi connectivity index (χ0) is 13.7. The Morgan fingerprint density at radius 1 is 1.53 bits per heavy atom. The first-order valence-corrected chi connectivity index (χ1v) is 6.80. The normalized spacial score (nSPS) is 18.0. The van der Waals surface area contributed by atoms with Gasteiger partial charge in [-0.05, 0) is 31.0 Å². The Bertz CT molecular complexity index is 429. The van der Waals surface area contributed by atoms with Gasteiger partial charge in [-0.2, -0.15) is 0 Å². The SMILES string of the molecule is Cc1cnccc1CNC(=O)C(C)N1CCNCC1. The largest absolute Gasteiger partial charge is 0.351 e. The average Bonchev–Trinajstić information content (AvgIpc) is 2.46. The molecule has 0 bridgehead atoms. The van der Waals surface area contributed by atoms with Crippen LogP contribution in [0.15, 0.2) is 18.5 Å². The van der Waals surface area contributed by atoms with Crippen LogP contribution in [0.4, 0.5) is 0 Å². The smallest absolute Gasteiger partial charge is 0.237 e. The summed E-state index contributed by atoms with van der Waals surface area (Å²) >= 11 is 0. The van der Waals surface area contributed by atoms with Crippen molar-refractivity contribution in [2.75, 3.05) is 26.2 Å². The molecule has 1 aliphatic heterocycles. The monoisotopic (exact) mass is 262 g/mol. The maximum absolute atomic E-state index is 12.1. The van der Waals surface area contributed by atoms with Crippen LogP contribution >= 0.6 is 0 Å². The molecule has 0 saturated carbocycles. The van der Waals surface area contributed by atoms with Gasteiger partial charge in [0.2, 0.25) is 5.91 Å². The molecule has 0 aliphatic carbocycles. The van der Waals surface area contributed by atoms with E-state index in [1.807, 2.05) is 26.1 Å². The van der Waals surface area contributed by atoms with Crippen molar-refractivity contribution in [1.29, 1.82) is 0 Å². The molecule has 1 fully saturated rings. The number of amides is 1. The van der Waals surface area contributed by atoms with Crippen molar-refractivity contribution < 1.29 is 4.79 Å². The molecule has 1 aliphatic rings. The lowest BCUT2D eigenvalue weighted by molar-refractivity contribution is -0.126. The molecule has 0 aromatic carbocycles. The molecular weight excluding hydrogens is 240 g/mol. The fourth-order valence-electron chi connectivity index (χ4n) is 2.27. The van der Waals surface area contributed by atoms with E-state index in [1.54, 1.807) is 6.20 Å². The Morgan fingerprint density at radius 2 is 2.26 bits per heavy atom. The van der Waals surface area contributed by atoms with Gasteiger partial charge in [0.25, 0.3) is 0 Å². The van der Waals surface area contributed by atoms with E-state index in [0.29, 0.717) is 6.54 Å². The van der Waals surface area contributed by atoms with Crippen LogP contribution in [0.1, 0.15) is 18.1 Å². The Labute approximate surface area is 114 Å². The second-order valence-electron chi connectivity index (χ2n) is 4.98. The highest BCUT2D eigenvalue weighted by atomic mass is 16.2. The molecule has 1 aromatic heterocycles. The molecule has 104 valence electrons. The number of pyridine rings is 1. The van der Waals surface area contributed by atoms with Crippen molar-refractivity contribution in [3.63, 3.8) is 0 Å². The summed E-state index contributed by atoms with van der Waals surface area (Å²) in [5.74, 6) is 0.0955. The van der Waals surface area contributed by atoms with Crippen LogP contribution in [-0.4, -0.2) is 48.0 Å². The highest BCUT2D eigenvalue weighted by Crippen LogP contribution is 2.05. The molecule has 1 saturated heterocycles. The molecule has 2 heterocycles. The van der Waals surface area contributed by atoms with E-state index < -0.39 is 0 Å². The summed E-state index contributed by atoms with van der Waals surface area (Å²) in [6.07, 6.45) is 3.58. The standard InChI is InChI=1S/C14H22N4O/c1-11-9-16-4-3-13(11)10-17-14(19)12(2)18-7-5-15-6-8-18/h3-4,9,12,15H,5-8,10H2,1-2H3,(H,17,19). The highest BCUT2D eigenvalue weighted by Gasteiger charge is 2.22. The van der Waals surface area contributed by atoms with E-state index in [1.165, 1.54) is 0 Å². The number of piperazine rings is 1. The quantitative estimate of drug-likeness (QED) is 0.819. The van der Waals surface area contributed by atoms with E-state index in [-0.39, 0.29) is 11.9 Å². The van der Waals surface area contributed by atoms with Gasteiger partial charge in [-0.15, -0.1) is 0 Å². The summed E-state index contributed by atoms with van der Waals surface area (Å²) in [6.45, 7) is 8.34. The Balaban J connectivity index is 1.85. The summed E-state index contributed by atoms with van der Waals surface area (Å²) in [7, 11) is 0. The molecule has 19 heavy (non-hydrogen) atoms. The van der Waals surface area contributed by atoms with Gasteiger partial charge < -0.3 is 10.6 Å². The maximum Gasteiger partial charge on any atom is 0.237 e. The number of rotatable bonds is 4. The molecule has 1 amide bonds. The minimum atomic E-state index is -0.0655. The van der Waals surface area contributed by atoms with E-state index in [9.17, 15) is 4.79 Å². The van der Waals surface area contributed by atoms with Crippen LogP contribution < -0.4 is 10.6 Å². The number of aryl methyl sites for hydroxylation is 1. The first-order valence-electron chi connectivity index (χ1n) is 6.80. The van der Waals surface area contributed by atoms with E-state index in [4.69, 9.17) is 0 Å². The first kappa shape index (κ1) is 14.0. The fraction of sp³-hybridized carbons (Fsp3) is 0.571. The second-order valence-corrected chi connectivity index (χ2v) is 4.98. The lowest BCUT2D eigenvalue weighted by Crippen LogP contribution is -2.52. The molecular formula is C14H22N4O. The van der Waals surface area contributed by atoms with Crippen molar-refractivity contribution in [2.45, 2.75) is 26.4 Å². The molecule has 5 nitrogen and oxygen atoms in total. The summed E-state index contributed by atoms with van der Waals surface area (Å²) < 4.78 is 0. The van der Waals surface area contributed by atoms with Crippen LogP contribution in [0.5, 0.6) is 0 Å². The van der Waals surface area contributed by atoms with Crippen molar-refractivity contribution in [2.24, 2.45) is 0 Å². The number of hydrogen-bond donors (Lipinski definition) is 2. The summed E-state index contributed by atoms with van der Waals surface area (Å²) in [5, 5.41) is 6.30. The molecule has 5 heteroatoms. The number of aromatic nitrogens is 1. The minimum absolute atomic E-state index is 0.0655. The predicted molar refractivity (Wildman–Crippen MR) is 74.7 cm³/mol. The van der Waals surface area contributed by atoms with E-state index in [0.717, 1.165) is 37.3 Å². The molecule has 1 atom stereocenters. The van der Waals surface area contributed by atoms with Gasteiger partial charge in [0.1, 0.15) is 0 Å². The average molecular weight is 262 g/mol. The molecule has 0 radical (unpaired) electrons. The summed E-state index contributed by atoms with van der Waals surface area (Å²) in [6, 6.07) is 1.88. The van der Waals surface area contributed by atoms with Gasteiger partial charge in [-0.25, -0.2) is 0 Å². The first-order chi connectivity index (χ1) is 9.18. The Hall–Kier alpha value is -1.46. The second kappa shape index (κ2) is 6.63. The van der Waals surface area contributed by atoms with Gasteiger partial charge in [0, 0.05) is 45.1 Å². The lowest BCUT2D eigenvalue weighted by atomic mass is 10.1. The molecule has 2 rings (SSSR count). The van der Waals surface area contributed by atoms with Gasteiger partial charge in [0.05, 0.1) is 6.04 Å². The van der Waals surface area contributed by atoms with Crippen molar-refractivity contribution in [3.05, 3.63) is 29.6 Å². The number of hydrogen-bond acceptors (Lipinski definition) is 4.